The van der Waals surface area contributed by atoms with Gasteiger partial charge in [-0.1, -0.05) is 24.3 Å². The van der Waals surface area contributed by atoms with E-state index in [0.29, 0.717) is 16.8 Å². The van der Waals surface area contributed by atoms with E-state index in [1.165, 1.54) is 23.5 Å². The van der Waals surface area contributed by atoms with Crippen molar-refractivity contribution in [3.8, 4) is 5.75 Å². The average Bonchev–Trinajstić information content (AvgIpc) is 3.22. The number of anilines is 1. The molecule has 0 unspecified atom stereocenters. The summed E-state index contributed by atoms with van der Waals surface area (Å²) in [5.74, 6) is -0.614. The third-order valence-electron chi connectivity index (χ3n) is 3.80. The quantitative estimate of drug-likeness (QED) is 0.610. The smallest absolute Gasteiger partial charge is 0.387 e. The number of amides is 2. The maximum absolute atomic E-state index is 12.5. The van der Waals surface area contributed by atoms with Gasteiger partial charge in [-0.3, -0.25) is 9.59 Å². The normalized spacial score (nSPS) is 10.5. The van der Waals surface area contributed by atoms with Crippen LogP contribution in [0.4, 0.5) is 14.5 Å². The molecule has 0 aliphatic rings. The maximum atomic E-state index is 12.5. The van der Waals surface area contributed by atoms with Crippen LogP contribution in [0.5, 0.6) is 5.75 Å². The fraction of sp³-hybridized carbons (Fsp3) is 0.100. The summed E-state index contributed by atoms with van der Waals surface area (Å²) < 4.78 is 28.6. The number of alkyl halides is 2. The molecule has 1 heterocycles. The van der Waals surface area contributed by atoms with Crippen LogP contribution in [0.15, 0.2) is 65.4 Å². The molecule has 2 N–H and O–H groups in total. The lowest BCUT2D eigenvalue weighted by atomic mass is 10.1. The van der Waals surface area contributed by atoms with E-state index in [1.54, 1.807) is 53.2 Å². The van der Waals surface area contributed by atoms with Gasteiger partial charge in [0.1, 0.15) is 5.75 Å². The first-order chi connectivity index (χ1) is 13.5. The monoisotopic (exact) mass is 402 g/mol. The summed E-state index contributed by atoms with van der Waals surface area (Å²) in [7, 11) is 0. The topological polar surface area (TPSA) is 67.4 Å². The van der Waals surface area contributed by atoms with Crippen molar-refractivity contribution in [1.82, 2.24) is 5.32 Å². The lowest BCUT2D eigenvalue weighted by Gasteiger charge is -2.11. The molecule has 0 radical (unpaired) electrons. The van der Waals surface area contributed by atoms with Gasteiger partial charge in [0, 0.05) is 11.9 Å². The number of nitrogens with one attached hydrogen (secondary N) is 2. The fourth-order valence-corrected chi connectivity index (χ4v) is 3.08. The van der Waals surface area contributed by atoms with Crippen molar-refractivity contribution in [2.75, 3.05) is 5.32 Å². The molecule has 0 aliphatic carbocycles. The molecule has 2 amide bonds. The van der Waals surface area contributed by atoms with Crippen molar-refractivity contribution in [2.24, 2.45) is 0 Å². The number of halogens is 2. The van der Waals surface area contributed by atoms with Gasteiger partial charge in [-0.05, 0) is 41.3 Å². The lowest BCUT2D eigenvalue weighted by Crippen LogP contribution is -2.24. The summed E-state index contributed by atoms with van der Waals surface area (Å²) in [4.78, 5) is 24.8. The van der Waals surface area contributed by atoms with Gasteiger partial charge in [0.15, 0.2) is 0 Å². The third kappa shape index (κ3) is 5.14. The van der Waals surface area contributed by atoms with Gasteiger partial charge in [0.25, 0.3) is 11.8 Å². The van der Waals surface area contributed by atoms with Crippen LogP contribution in [0.1, 0.15) is 26.3 Å². The zero-order valence-corrected chi connectivity index (χ0v) is 15.3. The molecule has 0 atom stereocenters. The highest BCUT2D eigenvalue weighted by atomic mass is 32.1. The highest BCUT2D eigenvalue weighted by Crippen LogP contribution is 2.18. The number of carbonyl (C=O) groups excluding carboxylic acids is 2. The first-order valence-electron chi connectivity index (χ1n) is 8.27. The molecular weight excluding hydrogens is 386 g/mol. The Morgan fingerprint density at radius 1 is 1.00 bits per heavy atom. The van der Waals surface area contributed by atoms with E-state index in [2.05, 4.69) is 15.4 Å². The zero-order valence-electron chi connectivity index (χ0n) is 14.5. The van der Waals surface area contributed by atoms with E-state index in [9.17, 15) is 18.4 Å². The molecule has 2 aromatic carbocycles. The first-order valence-corrected chi connectivity index (χ1v) is 9.22. The Balaban J connectivity index is 1.63. The molecule has 0 saturated carbocycles. The zero-order chi connectivity index (χ0) is 19.9. The maximum Gasteiger partial charge on any atom is 0.387 e. The second-order valence-corrected chi connectivity index (χ2v) is 6.50. The van der Waals surface area contributed by atoms with Gasteiger partial charge in [-0.25, -0.2) is 0 Å². The van der Waals surface area contributed by atoms with Gasteiger partial charge in [0.2, 0.25) is 0 Å². The van der Waals surface area contributed by atoms with Crippen LogP contribution in [0, 0.1) is 0 Å². The van der Waals surface area contributed by atoms with Crippen LogP contribution in [-0.4, -0.2) is 18.4 Å². The minimum absolute atomic E-state index is 0.0477. The van der Waals surface area contributed by atoms with Crippen molar-refractivity contribution in [3.63, 3.8) is 0 Å². The van der Waals surface area contributed by atoms with E-state index < -0.39 is 6.61 Å². The summed E-state index contributed by atoms with van der Waals surface area (Å²) in [6.07, 6.45) is 0. The summed E-state index contributed by atoms with van der Waals surface area (Å²) in [5, 5.41) is 9.00. The summed E-state index contributed by atoms with van der Waals surface area (Å²) in [5.41, 5.74) is 1.96. The largest absolute Gasteiger partial charge is 0.435 e. The van der Waals surface area contributed by atoms with E-state index >= 15 is 0 Å². The minimum atomic E-state index is -2.88. The fourth-order valence-electron chi connectivity index (χ4n) is 2.44. The Bertz CT molecular complexity index is 944. The van der Waals surface area contributed by atoms with Crippen molar-refractivity contribution in [2.45, 2.75) is 13.2 Å². The van der Waals surface area contributed by atoms with Crippen LogP contribution in [-0.2, 0) is 6.54 Å². The third-order valence-corrected chi connectivity index (χ3v) is 4.49. The van der Waals surface area contributed by atoms with Gasteiger partial charge in [-0.2, -0.15) is 20.1 Å². The molecule has 28 heavy (non-hydrogen) atoms. The Morgan fingerprint density at radius 2 is 1.75 bits per heavy atom. The molecule has 0 saturated heterocycles. The van der Waals surface area contributed by atoms with Gasteiger partial charge >= 0.3 is 6.61 Å². The molecular formula is C20H16F2N2O3S. The number of rotatable bonds is 7. The Hall–Kier alpha value is -3.26. The lowest BCUT2D eigenvalue weighted by molar-refractivity contribution is -0.0498. The predicted octanol–water partition coefficient (Wildman–Crippen LogP) is 4.53. The molecule has 5 nitrogen and oxygen atoms in total. The standard InChI is InChI=1S/C20H16F2N2O3S/c21-20(22)27-15-7-5-13(6-8-15)11-23-19(26)16-3-1-2-4-17(16)24-18(25)14-9-10-28-12-14/h1-10,12,20H,11H2,(H,23,26)(H,24,25). The molecule has 0 spiro atoms. The Kier molecular flexibility index (Phi) is 6.33. The molecule has 0 bridgehead atoms. The molecule has 8 heteroatoms. The van der Waals surface area contributed by atoms with Gasteiger partial charge < -0.3 is 15.4 Å². The molecule has 0 fully saturated rings. The SMILES string of the molecule is O=C(Nc1ccccc1C(=O)NCc1ccc(OC(F)F)cc1)c1ccsc1. The summed E-state index contributed by atoms with van der Waals surface area (Å²) >= 11 is 1.41. The number of hydrogen-bond acceptors (Lipinski definition) is 4. The predicted molar refractivity (Wildman–Crippen MR) is 103 cm³/mol. The van der Waals surface area contributed by atoms with Gasteiger partial charge in [0.05, 0.1) is 16.8 Å². The molecule has 0 aliphatic heterocycles. The summed E-state index contributed by atoms with van der Waals surface area (Å²) in [6, 6.07) is 14.4. The number of ether oxygens (including phenoxy) is 1. The first kappa shape index (κ1) is 19.5. The Labute approximate surface area is 164 Å². The molecule has 144 valence electrons. The number of thiophene rings is 1. The van der Waals surface area contributed by atoms with Crippen LogP contribution in [0.3, 0.4) is 0 Å². The number of hydrogen-bond donors (Lipinski definition) is 2. The number of benzene rings is 2. The van der Waals surface area contributed by atoms with Crippen molar-refractivity contribution in [1.29, 1.82) is 0 Å². The van der Waals surface area contributed by atoms with Gasteiger partial charge in [-0.15, -0.1) is 0 Å². The van der Waals surface area contributed by atoms with Crippen LogP contribution in [0.2, 0.25) is 0 Å². The second kappa shape index (κ2) is 9.09. The highest BCUT2D eigenvalue weighted by molar-refractivity contribution is 7.08. The number of para-hydroxylation sites is 1. The van der Waals surface area contributed by atoms with E-state index in [1.807, 2.05) is 0 Å². The molecule has 3 rings (SSSR count). The van der Waals surface area contributed by atoms with E-state index in [0.717, 1.165) is 5.56 Å². The average molecular weight is 402 g/mol. The molecule has 1 aromatic heterocycles. The second-order valence-electron chi connectivity index (χ2n) is 5.72. The Morgan fingerprint density at radius 3 is 2.43 bits per heavy atom. The van der Waals surface area contributed by atoms with E-state index in [-0.39, 0.29) is 24.1 Å². The van der Waals surface area contributed by atoms with Crippen molar-refractivity contribution < 1.29 is 23.1 Å². The van der Waals surface area contributed by atoms with Crippen LogP contribution >= 0.6 is 11.3 Å². The van der Waals surface area contributed by atoms with Crippen molar-refractivity contribution >= 4 is 28.8 Å². The minimum Gasteiger partial charge on any atom is -0.435 e. The van der Waals surface area contributed by atoms with Crippen LogP contribution < -0.4 is 15.4 Å². The highest BCUT2D eigenvalue weighted by Gasteiger charge is 2.14. The van der Waals surface area contributed by atoms with Crippen LogP contribution in [0.25, 0.3) is 0 Å². The summed E-state index contributed by atoms with van der Waals surface area (Å²) in [6.45, 7) is -2.69. The van der Waals surface area contributed by atoms with E-state index in [4.69, 9.17) is 0 Å². The molecule has 3 aromatic rings. The van der Waals surface area contributed by atoms with Crippen molar-refractivity contribution in [3.05, 3.63) is 82.0 Å². The number of carbonyl (C=O) groups is 2.